The normalized spacial score (nSPS) is 20.1. The van der Waals surface area contributed by atoms with Crippen molar-refractivity contribution in [1.29, 1.82) is 5.26 Å². The highest BCUT2D eigenvalue weighted by molar-refractivity contribution is 5.81. The molecule has 1 saturated carbocycles. The summed E-state index contributed by atoms with van der Waals surface area (Å²) in [5.74, 6) is -0.163. The number of amides is 1. The summed E-state index contributed by atoms with van der Waals surface area (Å²) in [6, 6.07) is 1.53. The largest absolute Gasteiger partial charge is 0.365 e. The van der Waals surface area contributed by atoms with E-state index in [1.807, 2.05) is 13.0 Å². The number of nitrogens with zero attached hydrogens (tertiary/aromatic N) is 1. The quantitative estimate of drug-likeness (QED) is 0.774. The van der Waals surface area contributed by atoms with Gasteiger partial charge < -0.3 is 10.1 Å². The predicted molar refractivity (Wildman–Crippen MR) is 60.6 cm³/mol. The number of carbonyl (C=O) groups excluding carboxylic acids is 1. The SMILES string of the molecule is CC[C@@H](OC1CCCC1)C(=O)N[C@H](C)C#N. The second-order valence-electron chi connectivity index (χ2n) is 4.30. The molecule has 90 valence electrons. The van der Waals surface area contributed by atoms with E-state index in [1.165, 1.54) is 12.8 Å². The van der Waals surface area contributed by atoms with Gasteiger partial charge in [-0.1, -0.05) is 19.8 Å². The van der Waals surface area contributed by atoms with E-state index in [9.17, 15) is 4.79 Å². The molecule has 0 aromatic carbocycles. The van der Waals surface area contributed by atoms with E-state index >= 15 is 0 Å². The zero-order valence-electron chi connectivity index (χ0n) is 10.0. The van der Waals surface area contributed by atoms with Crippen molar-refractivity contribution >= 4 is 5.91 Å². The van der Waals surface area contributed by atoms with E-state index in [4.69, 9.17) is 10.00 Å². The number of hydrogen-bond donors (Lipinski definition) is 1. The summed E-state index contributed by atoms with van der Waals surface area (Å²) >= 11 is 0. The average Bonchev–Trinajstić information content (AvgIpc) is 2.78. The Labute approximate surface area is 97.0 Å². The van der Waals surface area contributed by atoms with Crippen LogP contribution < -0.4 is 5.32 Å². The van der Waals surface area contributed by atoms with Crippen LogP contribution in [0, 0.1) is 11.3 Å². The Hall–Kier alpha value is -1.08. The molecule has 0 aromatic rings. The van der Waals surface area contributed by atoms with Gasteiger partial charge in [0.2, 0.25) is 5.91 Å². The second-order valence-corrected chi connectivity index (χ2v) is 4.30. The first kappa shape index (κ1) is 13.0. The molecule has 1 aliphatic rings. The molecule has 0 aromatic heterocycles. The Bertz CT molecular complexity index is 267. The first-order valence-corrected chi connectivity index (χ1v) is 6.02. The Morgan fingerprint density at radius 3 is 2.69 bits per heavy atom. The van der Waals surface area contributed by atoms with E-state index in [0.29, 0.717) is 6.42 Å². The number of nitrogens with one attached hydrogen (secondary N) is 1. The van der Waals surface area contributed by atoms with E-state index in [-0.39, 0.29) is 12.0 Å². The molecule has 0 radical (unpaired) electrons. The lowest BCUT2D eigenvalue weighted by atomic mass is 10.2. The van der Waals surface area contributed by atoms with Crippen molar-refractivity contribution in [2.24, 2.45) is 0 Å². The van der Waals surface area contributed by atoms with Crippen LogP contribution >= 0.6 is 0 Å². The van der Waals surface area contributed by atoms with Crippen LogP contribution in [-0.4, -0.2) is 24.2 Å². The summed E-state index contributed by atoms with van der Waals surface area (Å²) in [4.78, 5) is 11.7. The molecule has 1 rings (SSSR count). The monoisotopic (exact) mass is 224 g/mol. The Balaban J connectivity index is 2.40. The summed E-state index contributed by atoms with van der Waals surface area (Å²) in [6.07, 6.45) is 4.97. The first-order chi connectivity index (χ1) is 7.67. The molecule has 0 spiro atoms. The Morgan fingerprint density at radius 2 is 2.19 bits per heavy atom. The maximum absolute atomic E-state index is 11.7. The highest BCUT2D eigenvalue weighted by Crippen LogP contribution is 2.22. The summed E-state index contributed by atoms with van der Waals surface area (Å²) in [5, 5.41) is 11.2. The van der Waals surface area contributed by atoms with Gasteiger partial charge in [0.05, 0.1) is 12.2 Å². The summed E-state index contributed by atoms with van der Waals surface area (Å²) < 4.78 is 5.75. The number of rotatable bonds is 5. The topological polar surface area (TPSA) is 62.1 Å². The van der Waals surface area contributed by atoms with Crippen molar-refractivity contribution in [2.75, 3.05) is 0 Å². The summed E-state index contributed by atoms with van der Waals surface area (Å²) in [6.45, 7) is 3.59. The second kappa shape index (κ2) is 6.49. The van der Waals surface area contributed by atoms with Gasteiger partial charge >= 0.3 is 0 Å². The smallest absolute Gasteiger partial charge is 0.250 e. The van der Waals surface area contributed by atoms with E-state index in [2.05, 4.69) is 5.32 Å². The van der Waals surface area contributed by atoms with Crippen molar-refractivity contribution in [2.45, 2.75) is 64.2 Å². The molecule has 16 heavy (non-hydrogen) atoms. The molecule has 0 saturated heterocycles. The molecule has 0 bridgehead atoms. The zero-order valence-corrected chi connectivity index (χ0v) is 10.0. The van der Waals surface area contributed by atoms with Crippen molar-refractivity contribution in [1.82, 2.24) is 5.32 Å². The van der Waals surface area contributed by atoms with Gasteiger partial charge in [0, 0.05) is 0 Å². The van der Waals surface area contributed by atoms with Gasteiger partial charge in [-0.05, 0) is 26.2 Å². The molecule has 1 aliphatic carbocycles. The minimum Gasteiger partial charge on any atom is -0.365 e. The van der Waals surface area contributed by atoms with E-state index < -0.39 is 12.1 Å². The molecular weight excluding hydrogens is 204 g/mol. The molecule has 1 N–H and O–H groups in total. The van der Waals surface area contributed by atoms with Crippen LogP contribution in [0.15, 0.2) is 0 Å². The number of hydrogen-bond acceptors (Lipinski definition) is 3. The van der Waals surface area contributed by atoms with Crippen LogP contribution in [0.2, 0.25) is 0 Å². The van der Waals surface area contributed by atoms with Gasteiger partial charge in [-0.15, -0.1) is 0 Å². The third-order valence-electron chi connectivity index (χ3n) is 2.87. The molecule has 4 nitrogen and oxygen atoms in total. The first-order valence-electron chi connectivity index (χ1n) is 6.02. The van der Waals surface area contributed by atoms with Gasteiger partial charge in [0.25, 0.3) is 0 Å². The predicted octanol–water partition coefficient (Wildman–Crippen LogP) is 1.75. The number of nitriles is 1. The lowest BCUT2D eigenvalue weighted by molar-refractivity contribution is -0.137. The molecule has 4 heteroatoms. The highest BCUT2D eigenvalue weighted by Gasteiger charge is 2.24. The minimum absolute atomic E-state index is 0.163. The fraction of sp³-hybridized carbons (Fsp3) is 0.833. The molecule has 0 heterocycles. The van der Waals surface area contributed by atoms with E-state index in [0.717, 1.165) is 12.8 Å². The molecule has 1 amide bonds. The third kappa shape index (κ3) is 3.82. The van der Waals surface area contributed by atoms with Gasteiger partial charge in [-0.25, -0.2) is 0 Å². The molecule has 1 fully saturated rings. The summed E-state index contributed by atoms with van der Waals surface area (Å²) in [7, 11) is 0. The third-order valence-corrected chi connectivity index (χ3v) is 2.87. The van der Waals surface area contributed by atoms with Crippen molar-refractivity contribution in [3.63, 3.8) is 0 Å². The lowest BCUT2D eigenvalue weighted by Crippen LogP contribution is -2.41. The average molecular weight is 224 g/mol. The molecular formula is C12H20N2O2. The maximum Gasteiger partial charge on any atom is 0.250 e. The van der Waals surface area contributed by atoms with Gasteiger partial charge in [-0.3, -0.25) is 4.79 Å². The van der Waals surface area contributed by atoms with Crippen LogP contribution in [0.5, 0.6) is 0 Å². The zero-order chi connectivity index (χ0) is 12.0. The minimum atomic E-state index is -0.450. The summed E-state index contributed by atoms with van der Waals surface area (Å²) in [5.41, 5.74) is 0. The fourth-order valence-electron chi connectivity index (χ4n) is 1.94. The fourth-order valence-corrected chi connectivity index (χ4v) is 1.94. The van der Waals surface area contributed by atoms with Crippen LogP contribution in [0.25, 0.3) is 0 Å². The van der Waals surface area contributed by atoms with Gasteiger partial charge in [-0.2, -0.15) is 5.26 Å². The highest BCUT2D eigenvalue weighted by atomic mass is 16.5. The van der Waals surface area contributed by atoms with Crippen LogP contribution in [0.1, 0.15) is 46.0 Å². The van der Waals surface area contributed by atoms with Crippen molar-refractivity contribution < 1.29 is 9.53 Å². The lowest BCUT2D eigenvalue weighted by Gasteiger charge is -2.20. The Kier molecular flexibility index (Phi) is 5.27. The van der Waals surface area contributed by atoms with Crippen molar-refractivity contribution in [3.05, 3.63) is 0 Å². The van der Waals surface area contributed by atoms with Crippen LogP contribution in [0.4, 0.5) is 0 Å². The van der Waals surface area contributed by atoms with E-state index in [1.54, 1.807) is 6.92 Å². The van der Waals surface area contributed by atoms with Gasteiger partial charge in [0.15, 0.2) is 0 Å². The van der Waals surface area contributed by atoms with Crippen LogP contribution in [0.3, 0.4) is 0 Å². The molecule has 0 aliphatic heterocycles. The standard InChI is InChI=1S/C12H20N2O2/c1-3-11(12(15)14-9(2)8-13)16-10-6-4-5-7-10/h9-11H,3-7H2,1-2H3,(H,14,15)/t9-,11-/m1/s1. The number of ether oxygens (including phenoxy) is 1. The van der Waals surface area contributed by atoms with Crippen LogP contribution in [-0.2, 0) is 9.53 Å². The van der Waals surface area contributed by atoms with Gasteiger partial charge in [0.1, 0.15) is 12.1 Å². The number of carbonyl (C=O) groups is 1. The molecule has 0 unspecified atom stereocenters. The Morgan fingerprint density at radius 1 is 1.56 bits per heavy atom. The molecule has 2 atom stereocenters. The van der Waals surface area contributed by atoms with Crippen molar-refractivity contribution in [3.8, 4) is 6.07 Å². The maximum atomic E-state index is 11.7.